The SMILES string of the molecule is COc1cc(NC(=O)c2ccc3[nH]c(-c4cc(-c5cccnc5OC)ccc4O)nc3c2)cc(OC)c1. The van der Waals surface area contributed by atoms with Crippen LogP contribution in [-0.4, -0.2) is 47.3 Å². The first-order valence-electron chi connectivity index (χ1n) is 11.4. The number of hydrogen-bond donors (Lipinski definition) is 3. The average molecular weight is 497 g/mol. The van der Waals surface area contributed by atoms with Gasteiger partial charge in [0.05, 0.1) is 37.9 Å². The van der Waals surface area contributed by atoms with E-state index in [1.54, 1.807) is 76.1 Å². The second-order valence-corrected chi connectivity index (χ2v) is 8.16. The van der Waals surface area contributed by atoms with Crippen molar-refractivity contribution < 1.29 is 24.1 Å². The number of aromatic nitrogens is 3. The lowest BCUT2D eigenvalue weighted by Gasteiger charge is -2.10. The Morgan fingerprint density at radius 2 is 1.68 bits per heavy atom. The number of carbonyl (C=O) groups excluding carboxylic acids is 1. The molecule has 0 fully saturated rings. The maximum atomic E-state index is 13.0. The van der Waals surface area contributed by atoms with E-state index in [0.29, 0.717) is 45.5 Å². The van der Waals surface area contributed by atoms with Gasteiger partial charge < -0.3 is 29.6 Å². The molecule has 0 aliphatic rings. The second kappa shape index (κ2) is 9.90. The summed E-state index contributed by atoms with van der Waals surface area (Å²) in [5, 5.41) is 13.4. The average Bonchev–Trinajstić information content (AvgIpc) is 3.36. The number of methoxy groups -OCH3 is 3. The maximum absolute atomic E-state index is 13.0. The zero-order valence-electron chi connectivity index (χ0n) is 20.4. The summed E-state index contributed by atoms with van der Waals surface area (Å²) in [5.74, 6) is 1.83. The van der Waals surface area contributed by atoms with Gasteiger partial charge in [0, 0.05) is 41.2 Å². The van der Waals surface area contributed by atoms with Crippen LogP contribution >= 0.6 is 0 Å². The molecule has 186 valence electrons. The first kappa shape index (κ1) is 23.7. The van der Waals surface area contributed by atoms with Crippen LogP contribution in [-0.2, 0) is 0 Å². The lowest BCUT2D eigenvalue weighted by Crippen LogP contribution is -2.12. The van der Waals surface area contributed by atoms with Gasteiger partial charge in [-0.1, -0.05) is 6.07 Å². The van der Waals surface area contributed by atoms with Gasteiger partial charge in [-0.25, -0.2) is 9.97 Å². The molecule has 0 spiro atoms. The summed E-state index contributed by atoms with van der Waals surface area (Å²) < 4.78 is 15.9. The molecule has 0 aliphatic heterocycles. The second-order valence-electron chi connectivity index (χ2n) is 8.16. The molecule has 5 rings (SSSR count). The number of ether oxygens (including phenoxy) is 3. The Balaban J connectivity index is 1.46. The number of fused-ring (bicyclic) bond motifs is 1. The molecule has 3 N–H and O–H groups in total. The Morgan fingerprint density at radius 1 is 0.892 bits per heavy atom. The van der Waals surface area contributed by atoms with E-state index in [0.717, 1.165) is 16.6 Å². The number of nitrogens with zero attached hydrogens (tertiary/aromatic N) is 2. The summed E-state index contributed by atoms with van der Waals surface area (Å²) in [7, 11) is 4.65. The number of benzene rings is 3. The Morgan fingerprint density at radius 3 is 2.41 bits per heavy atom. The molecule has 0 saturated heterocycles. The number of rotatable bonds is 7. The quantitative estimate of drug-likeness (QED) is 0.281. The van der Waals surface area contributed by atoms with E-state index in [4.69, 9.17) is 14.2 Å². The Hall–Kier alpha value is -5.05. The fourth-order valence-corrected chi connectivity index (χ4v) is 4.02. The molecule has 1 amide bonds. The number of phenolic OH excluding ortho intramolecular Hbond substituents is 1. The number of phenols is 1. The van der Waals surface area contributed by atoms with Crippen molar-refractivity contribution >= 4 is 22.6 Å². The molecule has 0 unspecified atom stereocenters. The van der Waals surface area contributed by atoms with Crippen LogP contribution in [0.25, 0.3) is 33.5 Å². The standard InChI is InChI=1S/C28H24N4O5/c1-35-19-13-18(14-20(15-19)36-2)30-27(34)17-6-8-23-24(12-17)32-26(31-23)22-11-16(7-9-25(22)33)21-5-4-10-29-28(21)37-3/h4-15,33H,1-3H3,(H,30,34)(H,31,32). The predicted molar refractivity (Wildman–Crippen MR) is 140 cm³/mol. The van der Waals surface area contributed by atoms with Gasteiger partial charge in [-0.15, -0.1) is 0 Å². The molecular formula is C28H24N4O5. The number of hydrogen-bond acceptors (Lipinski definition) is 7. The highest BCUT2D eigenvalue weighted by Crippen LogP contribution is 2.36. The maximum Gasteiger partial charge on any atom is 0.255 e. The number of imidazole rings is 1. The fourth-order valence-electron chi connectivity index (χ4n) is 4.02. The van der Waals surface area contributed by atoms with Crippen LogP contribution < -0.4 is 19.5 Å². The number of H-pyrrole nitrogens is 1. The normalized spacial score (nSPS) is 10.8. The molecule has 2 aromatic heterocycles. The predicted octanol–water partition coefficient (Wildman–Crippen LogP) is 5.28. The van der Waals surface area contributed by atoms with Crippen molar-refractivity contribution in [1.82, 2.24) is 15.0 Å². The van der Waals surface area contributed by atoms with Gasteiger partial charge in [-0.05, 0) is 48.0 Å². The third-order valence-corrected chi connectivity index (χ3v) is 5.88. The van der Waals surface area contributed by atoms with Gasteiger partial charge >= 0.3 is 0 Å². The van der Waals surface area contributed by atoms with Crippen LogP contribution in [0.4, 0.5) is 5.69 Å². The van der Waals surface area contributed by atoms with Crippen molar-refractivity contribution in [2.75, 3.05) is 26.6 Å². The highest BCUT2D eigenvalue weighted by Gasteiger charge is 2.16. The number of amides is 1. The van der Waals surface area contributed by atoms with E-state index < -0.39 is 0 Å². The van der Waals surface area contributed by atoms with Crippen molar-refractivity contribution in [3.8, 4) is 45.6 Å². The lowest BCUT2D eigenvalue weighted by molar-refractivity contribution is 0.102. The van der Waals surface area contributed by atoms with Gasteiger partial charge in [0.1, 0.15) is 23.1 Å². The zero-order valence-corrected chi connectivity index (χ0v) is 20.4. The molecule has 37 heavy (non-hydrogen) atoms. The van der Waals surface area contributed by atoms with Crippen LogP contribution in [0.1, 0.15) is 10.4 Å². The topological polar surface area (TPSA) is 119 Å². The molecule has 5 aromatic rings. The molecule has 9 nitrogen and oxygen atoms in total. The van der Waals surface area contributed by atoms with Crippen molar-refractivity contribution in [3.05, 3.63) is 78.5 Å². The number of carbonyl (C=O) groups is 1. The van der Waals surface area contributed by atoms with Crippen molar-refractivity contribution in [3.63, 3.8) is 0 Å². The number of aromatic hydroxyl groups is 1. The number of aromatic amines is 1. The minimum atomic E-state index is -0.310. The molecule has 0 atom stereocenters. The number of pyridine rings is 1. The van der Waals surface area contributed by atoms with Crippen LogP contribution in [0.3, 0.4) is 0 Å². The van der Waals surface area contributed by atoms with Crippen LogP contribution in [0.15, 0.2) is 72.9 Å². The van der Waals surface area contributed by atoms with Gasteiger partial charge in [0.25, 0.3) is 5.91 Å². The van der Waals surface area contributed by atoms with Gasteiger partial charge in [0.15, 0.2) is 0 Å². The molecule has 2 heterocycles. The van der Waals surface area contributed by atoms with E-state index in [2.05, 4.69) is 20.3 Å². The largest absolute Gasteiger partial charge is 0.507 e. The van der Waals surface area contributed by atoms with Crippen molar-refractivity contribution in [2.45, 2.75) is 0 Å². The smallest absolute Gasteiger partial charge is 0.255 e. The summed E-state index contributed by atoms with van der Waals surface area (Å²) in [4.78, 5) is 25.1. The van der Waals surface area contributed by atoms with Gasteiger partial charge in [-0.3, -0.25) is 4.79 Å². The molecule has 0 saturated carbocycles. The Bertz CT molecular complexity index is 1590. The van der Waals surface area contributed by atoms with Gasteiger partial charge in [0.2, 0.25) is 5.88 Å². The van der Waals surface area contributed by atoms with Crippen molar-refractivity contribution in [2.24, 2.45) is 0 Å². The summed E-state index contributed by atoms with van der Waals surface area (Å²) in [6.07, 6.45) is 1.65. The zero-order chi connectivity index (χ0) is 25.9. The summed E-state index contributed by atoms with van der Waals surface area (Å²) in [5.41, 5.74) is 4.37. The summed E-state index contributed by atoms with van der Waals surface area (Å²) in [6, 6.07) is 19.2. The molecule has 0 radical (unpaired) electrons. The molecule has 3 aromatic carbocycles. The van der Waals surface area contributed by atoms with Crippen LogP contribution in [0.2, 0.25) is 0 Å². The molecular weight excluding hydrogens is 472 g/mol. The summed E-state index contributed by atoms with van der Waals surface area (Å²) >= 11 is 0. The number of anilines is 1. The molecule has 9 heteroatoms. The summed E-state index contributed by atoms with van der Waals surface area (Å²) in [6.45, 7) is 0. The van der Waals surface area contributed by atoms with Gasteiger partial charge in [-0.2, -0.15) is 0 Å². The van der Waals surface area contributed by atoms with E-state index >= 15 is 0 Å². The highest BCUT2D eigenvalue weighted by atomic mass is 16.5. The highest BCUT2D eigenvalue weighted by molar-refractivity contribution is 6.06. The first-order valence-corrected chi connectivity index (χ1v) is 11.4. The third kappa shape index (κ3) is 4.74. The molecule has 0 aliphatic carbocycles. The molecule has 0 bridgehead atoms. The van der Waals surface area contributed by atoms with E-state index in [1.165, 1.54) is 0 Å². The van der Waals surface area contributed by atoms with Crippen molar-refractivity contribution in [1.29, 1.82) is 0 Å². The Labute approximate surface area is 212 Å². The number of nitrogens with one attached hydrogen (secondary N) is 2. The van der Waals surface area contributed by atoms with Crippen LogP contribution in [0, 0.1) is 0 Å². The fraction of sp³-hybridized carbons (Fsp3) is 0.107. The van der Waals surface area contributed by atoms with E-state index in [1.807, 2.05) is 18.2 Å². The van der Waals surface area contributed by atoms with E-state index in [9.17, 15) is 9.90 Å². The lowest BCUT2D eigenvalue weighted by atomic mass is 10.0. The first-order chi connectivity index (χ1) is 18.0. The Kier molecular flexibility index (Phi) is 6.34. The van der Waals surface area contributed by atoms with Crippen LogP contribution in [0.5, 0.6) is 23.1 Å². The minimum absolute atomic E-state index is 0.0654. The third-order valence-electron chi connectivity index (χ3n) is 5.88. The van der Waals surface area contributed by atoms with E-state index in [-0.39, 0.29) is 11.7 Å². The monoisotopic (exact) mass is 496 g/mol. The minimum Gasteiger partial charge on any atom is -0.507 e.